The van der Waals surface area contributed by atoms with Gasteiger partial charge in [0.1, 0.15) is 11.6 Å². The van der Waals surface area contributed by atoms with E-state index in [1.54, 1.807) is 18.3 Å². The summed E-state index contributed by atoms with van der Waals surface area (Å²) in [4.78, 5) is 18.4. The fraction of sp³-hybridized carbons (Fsp3) is 0.233. The number of hydrogen-bond donors (Lipinski definition) is 0. The molecule has 0 atom stereocenters. The van der Waals surface area contributed by atoms with Gasteiger partial charge in [0.2, 0.25) is 0 Å². The molecule has 1 saturated carbocycles. The fourth-order valence-corrected chi connectivity index (χ4v) is 5.34. The van der Waals surface area contributed by atoms with Gasteiger partial charge in [-0.15, -0.1) is 0 Å². The van der Waals surface area contributed by atoms with Crippen molar-refractivity contribution >= 4 is 28.0 Å². The molecule has 0 radical (unpaired) electrons. The summed E-state index contributed by atoms with van der Waals surface area (Å²) in [5, 5.41) is 6.33. The average molecular weight is 479 g/mol. The minimum absolute atomic E-state index is 0.138. The van der Waals surface area contributed by atoms with E-state index < -0.39 is 0 Å². The second-order valence-electron chi connectivity index (χ2n) is 9.54. The lowest BCUT2D eigenvalue weighted by molar-refractivity contribution is 0.416. The molecule has 1 aliphatic rings. The summed E-state index contributed by atoms with van der Waals surface area (Å²) < 4.78 is 17.4. The zero-order valence-corrected chi connectivity index (χ0v) is 20.0. The SMILES string of the molecule is O=c1c2ccccc2nc(C2CCCCC2)n1N=Cc1cn(Cc2cccc(F)c2)c2ccccc12. The third kappa shape index (κ3) is 4.24. The molecule has 2 heterocycles. The zero-order valence-electron chi connectivity index (χ0n) is 20.0. The quantitative estimate of drug-likeness (QED) is 0.272. The minimum Gasteiger partial charge on any atom is -0.342 e. The van der Waals surface area contributed by atoms with Gasteiger partial charge in [0.15, 0.2) is 0 Å². The van der Waals surface area contributed by atoms with Gasteiger partial charge in [-0.3, -0.25) is 4.79 Å². The number of fused-ring (bicyclic) bond motifs is 2. The highest BCUT2D eigenvalue weighted by Crippen LogP contribution is 2.32. The summed E-state index contributed by atoms with van der Waals surface area (Å²) in [7, 11) is 0. The molecule has 1 aliphatic carbocycles. The molecule has 0 saturated heterocycles. The van der Waals surface area contributed by atoms with Crippen LogP contribution in [-0.2, 0) is 6.54 Å². The molecule has 0 spiro atoms. The van der Waals surface area contributed by atoms with E-state index in [2.05, 4.69) is 4.57 Å². The Morgan fingerprint density at radius 1 is 0.944 bits per heavy atom. The lowest BCUT2D eigenvalue weighted by atomic mass is 9.88. The summed E-state index contributed by atoms with van der Waals surface area (Å²) in [6.07, 6.45) is 9.33. The van der Waals surface area contributed by atoms with Crippen LogP contribution in [0, 0.1) is 5.82 Å². The summed E-state index contributed by atoms with van der Waals surface area (Å²) in [5.41, 5.74) is 3.40. The molecule has 6 heteroatoms. The first kappa shape index (κ1) is 22.4. The van der Waals surface area contributed by atoms with Crippen molar-refractivity contribution in [2.45, 2.75) is 44.6 Å². The maximum Gasteiger partial charge on any atom is 0.282 e. The highest BCUT2D eigenvalue weighted by atomic mass is 19.1. The van der Waals surface area contributed by atoms with Crippen LogP contribution in [0.4, 0.5) is 4.39 Å². The van der Waals surface area contributed by atoms with Crippen molar-refractivity contribution in [3.8, 4) is 0 Å². The van der Waals surface area contributed by atoms with Crippen molar-refractivity contribution in [2.75, 3.05) is 0 Å². The van der Waals surface area contributed by atoms with E-state index in [1.165, 1.54) is 17.2 Å². The van der Waals surface area contributed by atoms with Crippen LogP contribution >= 0.6 is 0 Å². The minimum atomic E-state index is -0.246. The smallest absolute Gasteiger partial charge is 0.282 e. The Labute approximate surface area is 208 Å². The van der Waals surface area contributed by atoms with Crippen LogP contribution in [0.5, 0.6) is 0 Å². The summed E-state index contributed by atoms with van der Waals surface area (Å²) in [5.74, 6) is 0.727. The molecule has 180 valence electrons. The number of nitrogens with zero attached hydrogens (tertiary/aromatic N) is 4. The van der Waals surface area contributed by atoms with Gasteiger partial charge in [-0.25, -0.2) is 9.37 Å². The van der Waals surface area contributed by atoms with Crippen molar-refractivity contribution < 1.29 is 4.39 Å². The predicted octanol–water partition coefficient (Wildman–Crippen LogP) is 6.47. The van der Waals surface area contributed by atoms with Gasteiger partial charge in [-0.05, 0) is 48.7 Å². The topological polar surface area (TPSA) is 52.2 Å². The summed E-state index contributed by atoms with van der Waals surface area (Å²) >= 11 is 0. The Morgan fingerprint density at radius 2 is 1.72 bits per heavy atom. The van der Waals surface area contributed by atoms with Gasteiger partial charge >= 0.3 is 0 Å². The number of hydrogen-bond acceptors (Lipinski definition) is 3. The monoisotopic (exact) mass is 478 g/mol. The molecule has 3 aromatic carbocycles. The summed E-state index contributed by atoms with van der Waals surface area (Å²) in [6, 6.07) is 22.2. The van der Waals surface area contributed by atoms with Crippen molar-refractivity contribution in [3.05, 3.63) is 112 Å². The molecule has 36 heavy (non-hydrogen) atoms. The second-order valence-corrected chi connectivity index (χ2v) is 9.54. The molecular formula is C30H27FN4O. The lowest BCUT2D eigenvalue weighted by Crippen LogP contribution is -2.25. The van der Waals surface area contributed by atoms with Crippen LogP contribution in [0.1, 0.15) is 55.0 Å². The van der Waals surface area contributed by atoms with Gasteiger partial charge in [0, 0.05) is 35.1 Å². The highest BCUT2D eigenvalue weighted by Gasteiger charge is 2.22. The largest absolute Gasteiger partial charge is 0.342 e. The number of halogens is 1. The van der Waals surface area contributed by atoms with Gasteiger partial charge in [0.25, 0.3) is 5.56 Å². The molecule has 5 aromatic rings. The van der Waals surface area contributed by atoms with E-state index in [4.69, 9.17) is 10.1 Å². The molecule has 0 amide bonds. The van der Waals surface area contributed by atoms with Crippen molar-refractivity contribution in [1.29, 1.82) is 0 Å². The molecule has 0 unspecified atom stereocenters. The van der Waals surface area contributed by atoms with Gasteiger partial charge in [-0.1, -0.05) is 61.7 Å². The van der Waals surface area contributed by atoms with Crippen molar-refractivity contribution in [1.82, 2.24) is 14.2 Å². The van der Waals surface area contributed by atoms with Crippen LogP contribution in [0.3, 0.4) is 0 Å². The van der Waals surface area contributed by atoms with Gasteiger partial charge in [-0.2, -0.15) is 9.78 Å². The van der Waals surface area contributed by atoms with Crippen LogP contribution in [-0.4, -0.2) is 20.4 Å². The highest BCUT2D eigenvalue weighted by molar-refractivity contribution is 5.99. The van der Waals surface area contributed by atoms with E-state index >= 15 is 0 Å². The predicted molar refractivity (Wildman–Crippen MR) is 142 cm³/mol. The Balaban J connectivity index is 1.45. The van der Waals surface area contributed by atoms with Gasteiger partial charge in [0.05, 0.1) is 17.1 Å². The molecule has 1 fully saturated rings. The van der Waals surface area contributed by atoms with E-state index in [1.807, 2.05) is 60.8 Å². The lowest BCUT2D eigenvalue weighted by Gasteiger charge is -2.22. The maximum atomic E-state index is 13.8. The van der Waals surface area contributed by atoms with E-state index in [-0.39, 0.29) is 17.3 Å². The van der Waals surface area contributed by atoms with Gasteiger partial charge < -0.3 is 4.57 Å². The van der Waals surface area contributed by atoms with E-state index in [0.717, 1.165) is 59.1 Å². The van der Waals surface area contributed by atoms with E-state index in [9.17, 15) is 9.18 Å². The average Bonchev–Trinajstić information content (AvgIpc) is 3.26. The Bertz CT molecular complexity index is 1640. The number of aromatic nitrogens is 3. The summed E-state index contributed by atoms with van der Waals surface area (Å²) in [6.45, 7) is 0.539. The van der Waals surface area contributed by atoms with Crippen LogP contribution in [0.15, 0.2) is 88.9 Å². The molecule has 0 bridgehead atoms. The zero-order chi connectivity index (χ0) is 24.5. The Kier molecular flexibility index (Phi) is 5.93. The Morgan fingerprint density at radius 3 is 2.56 bits per heavy atom. The molecule has 0 N–H and O–H groups in total. The van der Waals surface area contributed by atoms with Crippen molar-refractivity contribution in [2.24, 2.45) is 5.10 Å². The number of benzene rings is 3. The third-order valence-electron chi connectivity index (χ3n) is 7.12. The van der Waals surface area contributed by atoms with E-state index in [0.29, 0.717) is 11.9 Å². The molecule has 5 nitrogen and oxygen atoms in total. The van der Waals surface area contributed by atoms with Crippen LogP contribution < -0.4 is 5.56 Å². The van der Waals surface area contributed by atoms with Crippen LogP contribution in [0.25, 0.3) is 21.8 Å². The number of para-hydroxylation sites is 2. The second kappa shape index (κ2) is 9.53. The standard InChI is InChI=1S/C30H27FN4O/c31-24-12-8-9-21(17-24)19-34-20-23(25-13-5-7-16-28(25)34)18-32-35-29(22-10-2-1-3-11-22)33-27-15-6-4-14-26(27)30(35)36/h4-9,12-18,20,22H,1-3,10-11,19H2. The normalized spacial score (nSPS) is 14.8. The Hall–Kier alpha value is -4.06. The first-order chi connectivity index (χ1) is 17.7. The number of rotatable bonds is 5. The molecule has 6 rings (SSSR count). The first-order valence-electron chi connectivity index (χ1n) is 12.6. The van der Waals surface area contributed by atoms with Crippen molar-refractivity contribution in [3.63, 3.8) is 0 Å². The molecule has 0 aliphatic heterocycles. The van der Waals surface area contributed by atoms with Crippen LogP contribution in [0.2, 0.25) is 0 Å². The maximum absolute atomic E-state index is 13.8. The molecule has 2 aromatic heterocycles. The fourth-order valence-electron chi connectivity index (χ4n) is 5.34. The first-order valence-corrected chi connectivity index (χ1v) is 12.6. The molecular weight excluding hydrogens is 451 g/mol. The third-order valence-corrected chi connectivity index (χ3v) is 7.12.